The van der Waals surface area contributed by atoms with Crippen LogP contribution < -0.4 is 5.32 Å². The predicted octanol–water partition coefficient (Wildman–Crippen LogP) is 4.36. The lowest BCUT2D eigenvalue weighted by Gasteiger charge is -2.34. The van der Waals surface area contributed by atoms with Crippen molar-refractivity contribution in [3.8, 4) is 0 Å². The third kappa shape index (κ3) is 4.57. The van der Waals surface area contributed by atoms with Crippen molar-refractivity contribution in [3.05, 3.63) is 34.3 Å². The topological polar surface area (TPSA) is 15.3 Å². The molecule has 0 radical (unpaired) electrons. The molecule has 1 saturated heterocycles. The van der Waals surface area contributed by atoms with E-state index in [1.54, 1.807) is 0 Å². The highest BCUT2D eigenvalue weighted by molar-refractivity contribution is 9.10. The molecule has 0 spiro atoms. The molecule has 1 aliphatic heterocycles. The highest BCUT2D eigenvalue weighted by Crippen LogP contribution is 2.24. The van der Waals surface area contributed by atoms with Gasteiger partial charge in [-0.05, 0) is 57.0 Å². The van der Waals surface area contributed by atoms with E-state index < -0.39 is 0 Å². The van der Waals surface area contributed by atoms with E-state index in [9.17, 15) is 0 Å². The molecule has 3 heteroatoms. The lowest BCUT2D eigenvalue weighted by atomic mass is 10.0. The van der Waals surface area contributed by atoms with Gasteiger partial charge in [-0.3, -0.25) is 4.90 Å². The molecule has 1 heterocycles. The van der Waals surface area contributed by atoms with Gasteiger partial charge in [0.2, 0.25) is 0 Å². The number of hydrogen-bond donors (Lipinski definition) is 1. The first kappa shape index (κ1) is 16.0. The third-order valence-electron chi connectivity index (χ3n) is 4.26. The van der Waals surface area contributed by atoms with Gasteiger partial charge in [-0.1, -0.05) is 41.4 Å². The normalized spacial score (nSPS) is 21.1. The Morgan fingerprint density at radius 2 is 2.25 bits per heavy atom. The molecule has 2 nitrogen and oxygen atoms in total. The molecule has 1 aliphatic rings. The van der Waals surface area contributed by atoms with Crippen LogP contribution in [0.1, 0.15) is 51.1 Å². The second-order valence-electron chi connectivity index (χ2n) is 5.87. The Balaban J connectivity index is 2.02. The summed E-state index contributed by atoms with van der Waals surface area (Å²) in [5, 5.41) is 3.67. The van der Waals surface area contributed by atoms with E-state index >= 15 is 0 Å². The van der Waals surface area contributed by atoms with Crippen LogP contribution in [0, 0.1) is 0 Å². The summed E-state index contributed by atoms with van der Waals surface area (Å²) in [6, 6.07) is 9.89. The SMILES string of the molecule is CCCN(CC1CCCCN1)C(C)c1cccc(Br)c1. The van der Waals surface area contributed by atoms with Crippen LogP contribution >= 0.6 is 15.9 Å². The third-order valence-corrected chi connectivity index (χ3v) is 4.75. The van der Waals surface area contributed by atoms with Crippen molar-refractivity contribution < 1.29 is 0 Å². The molecular weight excluding hydrogens is 312 g/mol. The Labute approximate surface area is 132 Å². The van der Waals surface area contributed by atoms with Crippen LogP contribution in [-0.4, -0.2) is 30.6 Å². The van der Waals surface area contributed by atoms with Gasteiger partial charge in [0, 0.05) is 23.1 Å². The quantitative estimate of drug-likeness (QED) is 0.828. The lowest BCUT2D eigenvalue weighted by molar-refractivity contribution is 0.176. The van der Waals surface area contributed by atoms with E-state index in [1.807, 2.05) is 0 Å². The Kier molecular flexibility index (Phi) is 6.53. The maximum atomic E-state index is 3.67. The zero-order valence-electron chi connectivity index (χ0n) is 12.7. The average molecular weight is 339 g/mol. The molecule has 0 amide bonds. The van der Waals surface area contributed by atoms with Crippen molar-refractivity contribution in [2.45, 2.75) is 51.6 Å². The highest BCUT2D eigenvalue weighted by Gasteiger charge is 2.21. The molecule has 1 N–H and O–H groups in total. The van der Waals surface area contributed by atoms with Crippen LogP contribution in [-0.2, 0) is 0 Å². The molecule has 1 aromatic rings. The van der Waals surface area contributed by atoms with E-state index in [2.05, 4.69) is 64.3 Å². The monoisotopic (exact) mass is 338 g/mol. The summed E-state index contributed by atoms with van der Waals surface area (Å²) in [7, 11) is 0. The van der Waals surface area contributed by atoms with E-state index in [-0.39, 0.29) is 0 Å². The van der Waals surface area contributed by atoms with Crippen molar-refractivity contribution in [2.75, 3.05) is 19.6 Å². The van der Waals surface area contributed by atoms with Gasteiger partial charge < -0.3 is 5.32 Å². The fourth-order valence-electron chi connectivity index (χ4n) is 3.07. The summed E-state index contributed by atoms with van der Waals surface area (Å²) < 4.78 is 1.18. The average Bonchev–Trinajstić information content (AvgIpc) is 2.47. The highest BCUT2D eigenvalue weighted by atomic mass is 79.9. The van der Waals surface area contributed by atoms with Crippen molar-refractivity contribution in [3.63, 3.8) is 0 Å². The largest absolute Gasteiger partial charge is 0.313 e. The smallest absolute Gasteiger partial charge is 0.0320 e. The van der Waals surface area contributed by atoms with Gasteiger partial charge >= 0.3 is 0 Å². The summed E-state index contributed by atoms with van der Waals surface area (Å²) in [5.41, 5.74) is 1.41. The molecule has 0 aliphatic carbocycles. The number of nitrogens with one attached hydrogen (secondary N) is 1. The van der Waals surface area contributed by atoms with Crippen molar-refractivity contribution >= 4 is 15.9 Å². The Morgan fingerprint density at radius 1 is 1.40 bits per heavy atom. The molecule has 2 atom stereocenters. The van der Waals surface area contributed by atoms with Crippen LogP contribution in [0.3, 0.4) is 0 Å². The van der Waals surface area contributed by atoms with Gasteiger partial charge in [-0.25, -0.2) is 0 Å². The number of benzene rings is 1. The summed E-state index contributed by atoms with van der Waals surface area (Å²) >= 11 is 3.59. The Bertz CT molecular complexity index is 402. The van der Waals surface area contributed by atoms with Crippen LogP contribution in [0.2, 0.25) is 0 Å². The zero-order chi connectivity index (χ0) is 14.4. The predicted molar refractivity (Wildman–Crippen MR) is 90.1 cm³/mol. The van der Waals surface area contributed by atoms with Crippen molar-refractivity contribution in [1.29, 1.82) is 0 Å². The second-order valence-corrected chi connectivity index (χ2v) is 6.79. The van der Waals surface area contributed by atoms with Crippen molar-refractivity contribution in [1.82, 2.24) is 10.2 Å². The van der Waals surface area contributed by atoms with Gasteiger partial charge in [0.25, 0.3) is 0 Å². The van der Waals surface area contributed by atoms with Crippen LogP contribution in [0.5, 0.6) is 0 Å². The number of halogens is 1. The van der Waals surface area contributed by atoms with Crippen molar-refractivity contribution in [2.24, 2.45) is 0 Å². The minimum absolute atomic E-state index is 0.483. The molecule has 0 bridgehead atoms. The fourth-order valence-corrected chi connectivity index (χ4v) is 3.49. The van der Waals surface area contributed by atoms with Gasteiger partial charge in [-0.2, -0.15) is 0 Å². The Morgan fingerprint density at radius 3 is 2.90 bits per heavy atom. The maximum Gasteiger partial charge on any atom is 0.0320 e. The van der Waals surface area contributed by atoms with Crippen LogP contribution in [0.25, 0.3) is 0 Å². The maximum absolute atomic E-state index is 3.67. The number of hydrogen-bond acceptors (Lipinski definition) is 2. The molecule has 2 rings (SSSR count). The van der Waals surface area contributed by atoms with E-state index in [0.29, 0.717) is 12.1 Å². The zero-order valence-corrected chi connectivity index (χ0v) is 14.3. The standard InChI is InChI=1S/C17H27BrN2/c1-3-11-20(13-17-9-4-5-10-19-17)14(2)15-7-6-8-16(18)12-15/h6-8,12,14,17,19H,3-5,9-11,13H2,1-2H3. The molecule has 1 aromatic carbocycles. The molecule has 0 aromatic heterocycles. The molecule has 2 unspecified atom stereocenters. The molecule has 112 valence electrons. The Hall–Kier alpha value is -0.380. The first-order chi connectivity index (χ1) is 9.70. The summed E-state index contributed by atoms with van der Waals surface area (Å²) in [5.74, 6) is 0. The first-order valence-corrected chi connectivity index (χ1v) is 8.73. The lowest BCUT2D eigenvalue weighted by Crippen LogP contribution is -2.44. The second kappa shape index (κ2) is 8.16. The minimum atomic E-state index is 0.483. The van der Waals surface area contributed by atoms with Crippen LogP contribution in [0.4, 0.5) is 0 Å². The van der Waals surface area contributed by atoms with Crippen LogP contribution in [0.15, 0.2) is 28.7 Å². The van der Waals surface area contributed by atoms with Gasteiger partial charge in [0.1, 0.15) is 0 Å². The van der Waals surface area contributed by atoms with Gasteiger partial charge in [0.05, 0.1) is 0 Å². The van der Waals surface area contributed by atoms with Gasteiger partial charge in [0.15, 0.2) is 0 Å². The fraction of sp³-hybridized carbons (Fsp3) is 0.647. The summed E-state index contributed by atoms with van der Waals surface area (Å²) in [4.78, 5) is 2.63. The molecule has 0 saturated carbocycles. The van der Waals surface area contributed by atoms with Gasteiger partial charge in [-0.15, -0.1) is 0 Å². The number of nitrogens with zero attached hydrogens (tertiary/aromatic N) is 1. The molecular formula is C17H27BrN2. The first-order valence-electron chi connectivity index (χ1n) is 7.93. The molecule has 20 heavy (non-hydrogen) atoms. The number of piperidine rings is 1. The van der Waals surface area contributed by atoms with E-state index in [1.165, 1.54) is 55.4 Å². The van der Waals surface area contributed by atoms with E-state index in [4.69, 9.17) is 0 Å². The summed E-state index contributed by atoms with van der Waals surface area (Å²) in [6.07, 6.45) is 5.25. The summed E-state index contributed by atoms with van der Waals surface area (Å²) in [6.45, 7) is 8.14. The number of rotatable bonds is 6. The van der Waals surface area contributed by atoms with E-state index in [0.717, 1.165) is 0 Å². The minimum Gasteiger partial charge on any atom is -0.313 e. The molecule has 1 fully saturated rings.